The highest BCUT2D eigenvalue weighted by Crippen LogP contribution is 2.26. The molecule has 0 aliphatic carbocycles. The van der Waals surface area contributed by atoms with Gasteiger partial charge in [0.2, 0.25) is 0 Å². The largest absolute Gasteiger partial charge is 0.271 e. The van der Waals surface area contributed by atoms with Crippen molar-refractivity contribution < 1.29 is 0 Å². The van der Waals surface area contributed by atoms with Gasteiger partial charge in [-0.3, -0.25) is 4.68 Å². The standard InChI is InChI=1S/C14H14ClN3/c1-2-7-18-9-11-10-5-3-4-6-12(10)16-13(8-15)14(11)17-18/h3-6,9H,2,7-8H2,1H3. The van der Waals surface area contributed by atoms with E-state index in [2.05, 4.69) is 29.3 Å². The minimum absolute atomic E-state index is 0.393. The lowest BCUT2D eigenvalue weighted by atomic mass is 10.1. The van der Waals surface area contributed by atoms with Crippen molar-refractivity contribution in [1.82, 2.24) is 14.8 Å². The van der Waals surface area contributed by atoms with Crippen molar-refractivity contribution in [3.8, 4) is 0 Å². The maximum atomic E-state index is 5.98. The molecule has 0 radical (unpaired) electrons. The summed E-state index contributed by atoms with van der Waals surface area (Å²) < 4.78 is 1.98. The van der Waals surface area contributed by atoms with E-state index in [0.717, 1.165) is 40.5 Å². The first-order valence-corrected chi connectivity index (χ1v) is 6.67. The molecule has 0 bridgehead atoms. The first-order chi connectivity index (χ1) is 8.83. The Morgan fingerprint density at radius 3 is 2.83 bits per heavy atom. The Kier molecular flexibility index (Phi) is 2.92. The van der Waals surface area contributed by atoms with Crippen molar-refractivity contribution in [3.63, 3.8) is 0 Å². The third-order valence-electron chi connectivity index (χ3n) is 3.06. The lowest BCUT2D eigenvalue weighted by molar-refractivity contribution is 0.608. The van der Waals surface area contributed by atoms with Gasteiger partial charge in [0.05, 0.1) is 17.1 Å². The SMILES string of the molecule is CCCn1cc2c(n1)c(CCl)nc1ccccc12. The molecule has 0 amide bonds. The number of alkyl halides is 1. The van der Waals surface area contributed by atoms with Gasteiger partial charge < -0.3 is 0 Å². The number of hydrogen-bond donors (Lipinski definition) is 0. The van der Waals surface area contributed by atoms with Crippen LogP contribution in [0.25, 0.3) is 21.8 Å². The van der Waals surface area contributed by atoms with Gasteiger partial charge in [-0.1, -0.05) is 25.1 Å². The Morgan fingerprint density at radius 1 is 1.22 bits per heavy atom. The normalized spacial score (nSPS) is 11.4. The zero-order valence-corrected chi connectivity index (χ0v) is 11.0. The fraction of sp³-hybridized carbons (Fsp3) is 0.286. The van der Waals surface area contributed by atoms with Crippen molar-refractivity contribution in [2.45, 2.75) is 25.8 Å². The van der Waals surface area contributed by atoms with E-state index < -0.39 is 0 Å². The summed E-state index contributed by atoms with van der Waals surface area (Å²) in [6.45, 7) is 3.07. The highest BCUT2D eigenvalue weighted by atomic mass is 35.5. The van der Waals surface area contributed by atoms with Crippen LogP contribution in [0.3, 0.4) is 0 Å². The Balaban J connectivity index is 2.37. The van der Waals surface area contributed by atoms with Crippen molar-refractivity contribution in [1.29, 1.82) is 0 Å². The molecule has 0 saturated heterocycles. The molecular weight excluding hydrogens is 246 g/mol. The third-order valence-corrected chi connectivity index (χ3v) is 3.32. The smallest absolute Gasteiger partial charge is 0.116 e. The van der Waals surface area contributed by atoms with Gasteiger partial charge in [-0.25, -0.2) is 4.98 Å². The average molecular weight is 260 g/mol. The van der Waals surface area contributed by atoms with Crippen LogP contribution < -0.4 is 0 Å². The first kappa shape index (κ1) is 11.5. The highest BCUT2D eigenvalue weighted by molar-refractivity contribution is 6.18. The van der Waals surface area contributed by atoms with Gasteiger partial charge >= 0.3 is 0 Å². The van der Waals surface area contributed by atoms with E-state index in [1.54, 1.807) is 0 Å². The van der Waals surface area contributed by atoms with Crippen LogP contribution in [-0.4, -0.2) is 14.8 Å². The van der Waals surface area contributed by atoms with Crippen LogP contribution in [0.2, 0.25) is 0 Å². The predicted octanol–water partition coefficient (Wildman–Crippen LogP) is 3.73. The van der Waals surface area contributed by atoms with Crippen LogP contribution >= 0.6 is 11.6 Å². The van der Waals surface area contributed by atoms with E-state index in [1.165, 1.54) is 0 Å². The summed E-state index contributed by atoms with van der Waals surface area (Å²) in [5, 5.41) is 6.88. The molecule has 2 heterocycles. The quantitative estimate of drug-likeness (QED) is 0.671. The molecule has 0 N–H and O–H groups in total. The summed E-state index contributed by atoms with van der Waals surface area (Å²) in [5.74, 6) is 0.393. The van der Waals surface area contributed by atoms with Gasteiger partial charge in [-0.15, -0.1) is 11.6 Å². The molecule has 4 heteroatoms. The van der Waals surface area contributed by atoms with Crippen molar-refractivity contribution >= 4 is 33.4 Å². The summed E-state index contributed by atoms with van der Waals surface area (Å²) in [5.41, 5.74) is 2.77. The van der Waals surface area contributed by atoms with E-state index >= 15 is 0 Å². The second-order valence-electron chi connectivity index (χ2n) is 4.36. The maximum absolute atomic E-state index is 5.98. The van der Waals surface area contributed by atoms with Crippen LogP contribution in [-0.2, 0) is 12.4 Å². The zero-order chi connectivity index (χ0) is 12.5. The second-order valence-corrected chi connectivity index (χ2v) is 4.63. The molecular formula is C14H14ClN3. The molecule has 3 nitrogen and oxygen atoms in total. The van der Waals surface area contributed by atoms with E-state index in [9.17, 15) is 0 Å². The van der Waals surface area contributed by atoms with E-state index in [1.807, 2.05) is 22.9 Å². The van der Waals surface area contributed by atoms with E-state index in [4.69, 9.17) is 11.6 Å². The van der Waals surface area contributed by atoms with Crippen LogP contribution in [0.15, 0.2) is 30.5 Å². The summed E-state index contributed by atoms with van der Waals surface area (Å²) in [6.07, 6.45) is 3.16. The fourth-order valence-electron chi connectivity index (χ4n) is 2.27. The van der Waals surface area contributed by atoms with Crippen LogP contribution in [0, 0.1) is 0 Å². The zero-order valence-electron chi connectivity index (χ0n) is 10.2. The summed E-state index contributed by atoms with van der Waals surface area (Å²) in [6, 6.07) is 8.12. The number of benzene rings is 1. The van der Waals surface area contributed by atoms with Crippen molar-refractivity contribution in [2.75, 3.05) is 0 Å². The minimum atomic E-state index is 0.393. The number of halogens is 1. The molecule has 2 aromatic heterocycles. The number of aromatic nitrogens is 3. The Labute approximate surface area is 110 Å². The molecule has 0 unspecified atom stereocenters. The Morgan fingerprint density at radius 2 is 2.06 bits per heavy atom. The monoisotopic (exact) mass is 259 g/mol. The van der Waals surface area contributed by atoms with Crippen LogP contribution in [0.4, 0.5) is 0 Å². The number of rotatable bonds is 3. The van der Waals surface area contributed by atoms with Crippen molar-refractivity contribution in [3.05, 3.63) is 36.2 Å². The molecule has 0 aliphatic rings. The number of hydrogen-bond acceptors (Lipinski definition) is 2. The second kappa shape index (κ2) is 4.58. The average Bonchev–Trinajstić information content (AvgIpc) is 2.82. The summed E-state index contributed by atoms with van der Waals surface area (Å²) in [4.78, 5) is 4.59. The molecule has 18 heavy (non-hydrogen) atoms. The molecule has 0 aliphatic heterocycles. The van der Waals surface area contributed by atoms with Gasteiger partial charge in [0.1, 0.15) is 5.52 Å². The van der Waals surface area contributed by atoms with E-state index in [0.29, 0.717) is 5.88 Å². The lowest BCUT2D eigenvalue weighted by Crippen LogP contribution is -1.96. The number of fused-ring (bicyclic) bond motifs is 3. The molecule has 3 aromatic rings. The van der Waals surface area contributed by atoms with E-state index in [-0.39, 0.29) is 0 Å². The summed E-state index contributed by atoms with van der Waals surface area (Å²) >= 11 is 5.98. The van der Waals surface area contributed by atoms with Crippen LogP contribution in [0.1, 0.15) is 19.0 Å². The highest BCUT2D eigenvalue weighted by Gasteiger charge is 2.11. The van der Waals surface area contributed by atoms with Gasteiger partial charge in [-0.05, 0) is 12.5 Å². The minimum Gasteiger partial charge on any atom is -0.271 e. The number of aryl methyl sites for hydroxylation is 1. The fourth-order valence-corrected chi connectivity index (χ4v) is 2.45. The van der Waals surface area contributed by atoms with Gasteiger partial charge in [0.15, 0.2) is 0 Å². The number of nitrogens with zero attached hydrogens (tertiary/aromatic N) is 3. The number of pyridine rings is 1. The predicted molar refractivity (Wildman–Crippen MR) is 74.9 cm³/mol. The molecule has 0 saturated carbocycles. The lowest BCUT2D eigenvalue weighted by Gasteiger charge is -2.01. The first-order valence-electron chi connectivity index (χ1n) is 6.14. The van der Waals surface area contributed by atoms with Gasteiger partial charge in [-0.2, -0.15) is 5.10 Å². The molecule has 0 spiro atoms. The van der Waals surface area contributed by atoms with Gasteiger partial charge in [0, 0.05) is 23.5 Å². The molecule has 0 atom stereocenters. The maximum Gasteiger partial charge on any atom is 0.116 e. The molecule has 0 fully saturated rings. The molecule has 3 rings (SSSR count). The molecule has 1 aromatic carbocycles. The van der Waals surface area contributed by atoms with Gasteiger partial charge in [0.25, 0.3) is 0 Å². The number of para-hydroxylation sites is 1. The molecule has 92 valence electrons. The Bertz CT molecular complexity index is 703. The third kappa shape index (κ3) is 1.75. The van der Waals surface area contributed by atoms with Crippen LogP contribution in [0.5, 0.6) is 0 Å². The van der Waals surface area contributed by atoms with Crippen molar-refractivity contribution in [2.24, 2.45) is 0 Å². The topological polar surface area (TPSA) is 30.7 Å². The Hall–Kier alpha value is -1.61. The summed E-state index contributed by atoms with van der Waals surface area (Å²) in [7, 11) is 0.